The van der Waals surface area contributed by atoms with E-state index in [1.807, 2.05) is 37.3 Å². The third kappa shape index (κ3) is 3.93. The molecule has 1 fully saturated rings. The molecule has 102 valence electrons. The molecular weight excluding hydrogens is 238 g/mol. The molecule has 2 atom stereocenters. The number of carbonyl (C=O) groups excluding carboxylic acids is 1. The Bertz CT molecular complexity index is 468. The Kier molecular flexibility index (Phi) is 4.74. The molecule has 1 aliphatic rings. The molecule has 3 heteroatoms. The lowest BCUT2D eigenvalue weighted by Crippen LogP contribution is -2.44. The second-order valence-electron chi connectivity index (χ2n) is 5.16. The molecular formula is C16H21NO2. The lowest BCUT2D eigenvalue weighted by atomic mass is 9.92. The highest BCUT2D eigenvalue weighted by molar-refractivity contribution is 5.92. The monoisotopic (exact) mass is 259 g/mol. The largest absolute Gasteiger partial charge is 0.391 e. The summed E-state index contributed by atoms with van der Waals surface area (Å²) in [6.07, 6.45) is 6.74. The first kappa shape index (κ1) is 13.8. The van der Waals surface area contributed by atoms with E-state index in [1.165, 1.54) is 0 Å². The van der Waals surface area contributed by atoms with E-state index in [-0.39, 0.29) is 11.9 Å². The van der Waals surface area contributed by atoms with Crippen molar-refractivity contribution in [2.24, 2.45) is 0 Å². The zero-order chi connectivity index (χ0) is 13.7. The number of hydrogen-bond acceptors (Lipinski definition) is 2. The number of hydrogen-bond donors (Lipinski definition) is 2. The molecule has 0 spiro atoms. The molecule has 0 unspecified atom stereocenters. The molecule has 2 N–H and O–H groups in total. The number of benzene rings is 1. The molecule has 1 aromatic carbocycles. The van der Waals surface area contributed by atoms with Gasteiger partial charge >= 0.3 is 0 Å². The first-order valence-electron chi connectivity index (χ1n) is 6.89. The fraction of sp³-hybridized carbons (Fsp3) is 0.438. The number of aliphatic hydroxyl groups is 1. The Hall–Kier alpha value is -1.61. The van der Waals surface area contributed by atoms with Crippen LogP contribution >= 0.6 is 0 Å². The fourth-order valence-corrected chi connectivity index (χ4v) is 2.45. The maximum Gasteiger partial charge on any atom is 0.244 e. The molecule has 0 aromatic heterocycles. The Labute approximate surface area is 114 Å². The number of amides is 1. The van der Waals surface area contributed by atoms with Crippen molar-refractivity contribution in [2.45, 2.75) is 44.8 Å². The minimum Gasteiger partial charge on any atom is -0.391 e. The van der Waals surface area contributed by atoms with Gasteiger partial charge in [-0.25, -0.2) is 0 Å². The SMILES string of the molecule is Cc1ccccc1/C=C/C(=O)N[C@@H]1CCCC[C@H]1O. The highest BCUT2D eigenvalue weighted by Crippen LogP contribution is 2.18. The molecule has 1 aliphatic carbocycles. The molecule has 0 saturated heterocycles. The molecule has 0 aliphatic heterocycles. The highest BCUT2D eigenvalue weighted by atomic mass is 16.3. The van der Waals surface area contributed by atoms with Crippen molar-refractivity contribution in [2.75, 3.05) is 0 Å². The van der Waals surface area contributed by atoms with Crippen molar-refractivity contribution < 1.29 is 9.90 Å². The van der Waals surface area contributed by atoms with Crippen LogP contribution in [-0.4, -0.2) is 23.2 Å². The second kappa shape index (κ2) is 6.53. The summed E-state index contributed by atoms with van der Waals surface area (Å²) in [6.45, 7) is 2.02. The predicted octanol–water partition coefficient (Wildman–Crippen LogP) is 2.43. The standard InChI is InChI=1S/C16H21NO2/c1-12-6-2-3-7-13(12)10-11-16(19)17-14-8-4-5-9-15(14)18/h2-3,6-7,10-11,14-15,18H,4-5,8-9H2,1H3,(H,17,19)/b11-10+/t14-,15-/m1/s1. The van der Waals surface area contributed by atoms with Gasteiger partial charge in [-0.3, -0.25) is 4.79 Å². The summed E-state index contributed by atoms with van der Waals surface area (Å²) in [5, 5.41) is 12.7. The zero-order valence-electron chi connectivity index (χ0n) is 11.3. The smallest absolute Gasteiger partial charge is 0.244 e. The Morgan fingerprint density at radius 2 is 2.05 bits per heavy atom. The molecule has 0 bridgehead atoms. The molecule has 1 amide bonds. The van der Waals surface area contributed by atoms with Gasteiger partial charge in [-0.2, -0.15) is 0 Å². The van der Waals surface area contributed by atoms with Crippen LogP contribution in [-0.2, 0) is 4.79 Å². The van der Waals surface area contributed by atoms with Gasteiger partial charge in [0.15, 0.2) is 0 Å². The van der Waals surface area contributed by atoms with Crippen LogP contribution in [0.4, 0.5) is 0 Å². The topological polar surface area (TPSA) is 49.3 Å². The number of carbonyl (C=O) groups is 1. The van der Waals surface area contributed by atoms with Crippen molar-refractivity contribution in [3.05, 3.63) is 41.5 Å². The van der Waals surface area contributed by atoms with Crippen molar-refractivity contribution in [1.29, 1.82) is 0 Å². The van der Waals surface area contributed by atoms with Gasteiger partial charge in [0.05, 0.1) is 12.1 Å². The van der Waals surface area contributed by atoms with Crippen LogP contribution in [0.5, 0.6) is 0 Å². The molecule has 0 radical (unpaired) electrons. The second-order valence-corrected chi connectivity index (χ2v) is 5.16. The average Bonchev–Trinajstić information content (AvgIpc) is 2.40. The number of nitrogens with one attached hydrogen (secondary N) is 1. The van der Waals surface area contributed by atoms with Crippen LogP contribution in [0, 0.1) is 6.92 Å². The van der Waals surface area contributed by atoms with Crippen LogP contribution in [0.1, 0.15) is 36.8 Å². The lowest BCUT2D eigenvalue weighted by Gasteiger charge is -2.27. The normalized spacial score (nSPS) is 23.5. The summed E-state index contributed by atoms with van der Waals surface area (Å²) >= 11 is 0. The van der Waals surface area contributed by atoms with Crippen LogP contribution in [0.3, 0.4) is 0 Å². The van der Waals surface area contributed by atoms with Crippen molar-refractivity contribution >= 4 is 12.0 Å². The minimum atomic E-state index is -0.399. The summed E-state index contributed by atoms with van der Waals surface area (Å²) in [7, 11) is 0. The van der Waals surface area contributed by atoms with Crippen LogP contribution in [0.25, 0.3) is 6.08 Å². The van der Waals surface area contributed by atoms with E-state index in [4.69, 9.17) is 0 Å². The molecule has 3 nitrogen and oxygen atoms in total. The summed E-state index contributed by atoms with van der Waals surface area (Å²) < 4.78 is 0. The number of aliphatic hydroxyl groups excluding tert-OH is 1. The van der Waals surface area contributed by atoms with E-state index in [1.54, 1.807) is 6.08 Å². The maximum atomic E-state index is 11.8. The molecule has 1 saturated carbocycles. The van der Waals surface area contributed by atoms with E-state index in [2.05, 4.69) is 5.32 Å². The van der Waals surface area contributed by atoms with Crippen LogP contribution in [0.15, 0.2) is 30.3 Å². The zero-order valence-corrected chi connectivity index (χ0v) is 11.3. The van der Waals surface area contributed by atoms with Gasteiger partial charge in [0.2, 0.25) is 5.91 Å². The average molecular weight is 259 g/mol. The van der Waals surface area contributed by atoms with Gasteiger partial charge in [-0.05, 0) is 37.0 Å². The molecule has 1 aromatic rings. The number of rotatable bonds is 3. The van der Waals surface area contributed by atoms with Gasteiger partial charge in [0, 0.05) is 6.08 Å². The Morgan fingerprint density at radius 3 is 2.79 bits per heavy atom. The van der Waals surface area contributed by atoms with E-state index < -0.39 is 6.10 Å². The first-order chi connectivity index (χ1) is 9.16. The van der Waals surface area contributed by atoms with Gasteiger partial charge in [-0.1, -0.05) is 37.1 Å². The van der Waals surface area contributed by atoms with Crippen LogP contribution in [0.2, 0.25) is 0 Å². The summed E-state index contributed by atoms with van der Waals surface area (Å²) in [6, 6.07) is 7.83. The van der Waals surface area contributed by atoms with Crippen LogP contribution < -0.4 is 5.32 Å². The van der Waals surface area contributed by atoms with Crippen molar-refractivity contribution in [3.8, 4) is 0 Å². The van der Waals surface area contributed by atoms with Gasteiger partial charge in [0.25, 0.3) is 0 Å². The highest BCUT2D eigenvalue weighted by Gasteiger charge is 2.23. The van der Waals surface area contributed by atoms with E-state index in [9.17, 15) is 9.90 Å². The third-order valence-corrected chi connectivity index (χ3v) is 3.66. The van der Waals surface area contributed by atoms with Crippen molar-refractivity contribution in [1.82, 2.24) is 5.32 Å². The van der Waals surface area contributed by atoms with Gasteiger partial charge in [0.1, 0.15) is 0 Å². The van der Waals surface area contributed by atoms with E-state index in [0.717, 1.165) is 36.8 Å². The molecule has 0 heterocycles. The van der Waals surface area contributed by atoms with Gasteiger partial charge < -0.3 is 10.4 Å². The Balaban J connectivity index is 1.92. The first-order valence-corrected chi connectivity index (χ1v) is 6.89. The maximum absolute atomic E-state index is 11.8. The van der Waals surface area contributed by atoms with E-state index in [0.29, 0.717) is 0 Å². The Morgan fingerprint density at radius 1 is 1.32 bits per heavy atom. The summed E-state index contributed by atoms with van der Waals surface area (Å²) in [5.41, 5.74) is 2.19. The molecule has 2 rings (SSSR count). The summed E-state index contributed by atoms with van der Waals surface area (Å²) in [5.74, 6) is -0.130. The molecule has 19 heavy (non-hydrogen) atoms. The third-order valence-electron chi connectivity index (χ3n) is 3.66. The predicted molar refractivity (Wildman–Crippen MR) is 76.6 cm³/mol. The minimum absolute atomic E-state index is 0.0947. The summed E-state index contributed by atoms with van der Waals surface area (Å²) in [4.78, 5) is 11.8. The van der Waals surface area contributed by atoms with E-state index >= 15 is 0 Å². The fourth-order valence-electron chi connectivity index (χ4n) is 2.45. The van der Waals surface area contributed by atoms with Gasteiger partial charge in [-0.15, -0.1) is 0 Å². The lowest BCUT2D eigenvalue weighted by molar-refractivity contribution is -0.118. The van der Waals surface area contributed by atoms with Crippen molar-refractivity contribution in [3.63, 3.8) is 0 Å². The number of aryl methyl sites for hydroxylation is 1. The quantitative estimate of drug-likeness (QED) is 0.819.